The van der Waals surface area contributed by atoms with E-state index in [9.17, 15) is 8.78 Å². The summed E-state index contributed by atoms with van der Waals surface area (Å²) in [6, 6.07) is 8.71. The van der Waals surface area contributed by atoms with Crippen LogP contribution in [0, 0.1) is 17.8 Å². The zero-order valence-corrected chi connectivity index (χ0v) is 19.4. The van der Waals surface area contributed by atoms with Crippen molar-refractivity contribution < 1.29 is 18.3 Å². The summed E-state index contributed by atoms with van der Waals surface area (Å²) in [6.07, 6.45) is 2.05. The highest BCUT2D eigenvalue weighted by Gasteiger charge is 2.42. The van der Waals surface area contributed by atoms with E-state index < -0.39 is 13.0 Å². The van der Waals surface area contributed by atoms with E-state index in [1.54, 1.807) is 37.6 Å². The number of hydrogen-bond donors (Lipinski definition) is 0. The molecule has 1 aliphatic heterocycles. The first-order chi connectivity index (χ1) is 16.5. The van der Waals surface area contributed by atoms with Gasteiger partial charge in [0.15, 0.2) is 5.82 Å². The minimum absolute atomic E-state index is 0.0531. The van der Waals surface area contributed by atoms with Gasteiger partial charge in [-0.05, 0) is 48.8 Å². The van der Waals surface area contributed by atoms with Crippen molar-refractivity contribution in [3.8, 4) is 17.6 Å². The molecule has 1 saturated heterocycles. The van der Waals surface area contributed by atoms with Crippen molar-refractivity contribution in [2.24, 2.45) is 17.8 Å². The molecule has 1 saturated carbocycles. The van der Waals surface area contributed by atoms with Gasteiger partial charge < -0.3 is 14.4 Å². The third kappa shape index (κ3) is 4.91. The average Bonchev–Trinajstić information content (AvgIpc) is 3.27. The molecule has 8 nitrogen and oxygen atoms in total. The maximum atomic E-state index is 13.2. The zero-order valence-electron chi connectivity index (χ0n) is 18.6. The van der Waals surface area contributed by atoms with E-state index in [0.29, 0.717) is 46.7 Å². The van der Waals surface area contributed by atoms with E-state index in [2.05, 4.69) is 25.2 Å². The number of fused-ring (bicyclic) bond motifs is 2. The Morgan fingerprint density at radius 1 is 1.18 bits per heavy atom. The third-order valence-electron chi connectivity index (χ3n) is 6.64. The highest BCUT2D eigenvalue weighted by atomic mass is 35.5. The number of halogens is 3. The summed E-state index contributed by atoms with van der Waals surface area (Å²) in [5, 5.41) is 12.9. The van der Waals surface area contributed by atoms with Gasteiger partial charge >= 0.3 is 6.01 Å². The third-order valence-corrected chi connectivity index (χ3v) is 6.87. The van der Waals surface area contributed by atoms with Gasteiger partial charge in [-0.1, -0.05) is 17.7 Å². The SMILES string of the molecule is COc1cc(N2CC3CCC(C2)C3Cc2nc(Oc3cccc(Cl)c3)n(CC(F)F)n2)cnn1. The molecular weight excluding hydrogens is 466 g/mol. The first-order valence-electron chi connectivity index (χ1n) is 11.3. The Hall–Kier alpha value is -3.01. The summed E-state index contributed by atoms with van der Waals surface area (Å²) in [5.41, 5.74) is 0.999. The molecule has 3 aromatic rings. The first-order valence-corrected chi connectivity index (χ1v) is 11.6. The Labute approximate surface area is 200 Å². The van der Waals surface area contributed by atoms with Gasteiger partial charge in [-0.3, -0.25) is 0 Å². The number of nitrogens with zero attached hydrogens (tertiary/aromatic N) is 6. The molecule has 2 unspecified atom stereocenters. The predicted octanol–water partition coefficient (Wildman–Crippen LogP) is 4.49. The molecule has 2 aromatic heterocycles. The number of alkyl halides is 2. The topological polar surface area (TPSA) is 78.2 Å². The molecule has 2 aliphatic rings. The molecule has 2 bridgehead atoms. The van der Waals surface area contributed by atoms with Crippen LogP contribution in [-0.2, 0) is 13.0 Å². The van der Waals surface area contributed by atoms with Gasteiger partial charge in [-0.2, -0.15) is 15.2 Å². The van der Waals surface area contributed by atoms with Gasteiger partial charge in [0.05, 0.1) is 19.0 Å². The van der Waals surface area contributed by atoms with E-state index in [1.165, 1.54) is 0 Å². The first kappa shape index (κ1) is 22.8. The summed E-state index contributed by atoms with van der Waals surface area (Å²) in [4.78, 5) is 6.81. The second kappa shape index (κ2) is 9.69. The molecule has 5 rings (SSSR count). The van der Waals surface area contributed by atoms with E-state index in [-0.39, 0.29) is 6.01 Å². The predicted molar refractivity (Wildman–Crippen MR) is 122 cm³/mol. The summed E-state index contributed by atoms with van der Waals surface area (Å²) >= 11 is 6.02. The molecule has 0 N–H and O–H groups in total. The van der Waals surface area contributed by atoms with Crippen molar-refractivity contribution in [3.63, 3.8) is 0 Å². The minimum Gasteiger partial charge on any atom is -0.480 e. The molecule has 1 aromatic carbocycles. The van der Waals surface area contributed by atoms with Gasteiger partial charge in [-0.25, -0.2) is 13.5 Å². The number of anilines is 1. The average molecular weight is 491 g/mol. The van der Waals surface area contributed by atoms with Crippen LogP contribution >= 0.6 is 11.6 Å². The quantitative estimate of drug-likeness (QED) is 0.460. The standard InChI is InChI=1S/C23H25ClF2N6O2/c1-33-22-8-17(10-27-29-22)31-11-14-5-6-15(12-31)19(14)9-21-28-23(32(30-21)13-20(25)26)34-18-4-2-3-16(24)7-18/h2-4,7-8,10,14-15,19-20H,5-6,9,11-13H2,1H3. The van der Waals surface area contributed by atoms with Crippen LogP contribution < -0.4 is 14.4 Å². The van der Waals surface area contributed by atoms with Crippen molar-refractivity contribution >= 4 is 17.3 Å². The molecule has 2 fully saturated rings. The van der Waals surface area contributed by atoms with Crippen LogP contribution in [0.1, 0.15) is 18.7 Å². The second-order valence-electron chi connectivity index (χ2n) is 8.77. The van der Waals surface area contributed by atoms with Crippen molar-refractivity contribution in [2.75, 3.05) is 25.1 Å². The van der Waals surface area contributed by atoms with Gasteiger partial charge in [0.2, 0.25) is 5.88 Å². The monoisotopic (exact) mass is 490 g/mol. The van der Waals surface area contributed by atoms with Gasteiger partial charge in [-0.15, -0.1) is 5.10 Å². The van der Waals surface area contributed by atoms with E-state index in [1.807, 2.05) is 6.07 Å². The summed E-state index contributed by atoms with van der Waals surface area (Å²) in [5.74, 6) is 2.74. The summed E-state index contributed by atoms with van der Waals surface area (Å²) in [7, 11) is 1.58. The minimum atomic E-state index is -2.57. The maximum Gasteiger partial charge on any atom is 0.320 e. The summed E-state index contributed by atoms with van der Waals surface area (Å²) < 4.78 is 38.5. The Kier molecular flexibility index (Phi) is 6.49. The number of methoxy groups -OCH3 is 1. The lowest BCUT2D eigenvalue weighted by molar-refractivity contribution is 0.117. The highest BCUT2D eigenvalue weighted by molar-refractivity contribution is 6.30. The molecular formula is C23H25ClF2N6O2. The molecule has 0 radical (unpaired) electrons. The van der Waals surface area contributed by atoms with Gasteiger partial charge in [0.25, 0.3) is 6.43 Å². The normalized spacial score (nSPS) is 21.8. The lowest BCUT2D eigenvalue weighted by atomic mass is 9.82. The van der Waals surface area contributed by atoms with Crippen molar-refractivity contribution in [1.82, 2.24) is 25.0 Å². The molecule has 1 aliphatic carbocycles. The number of aromatic nitrogens is 5. The lowest BCUT2D eigenvalue weighted by Crippen LogP contribution is -2.42. The van der Waals surface area contributed by atoms with Crippen LogP contribution in [0.15, 0.2) is 36.5 Å². The number of benzene rings is 1. The molecule has 0 spiro atoms. The van der Waals surface area contributed by atoms with Crippen LogP contribution in [0.2, 0.25) is 5.02 Å². The van der Waals surface area contributed by atoms with Crippen molar-refractivity contribution in [1.29, 1.82) is 0 Å². The highest BCUT2D eigenvalue weighted by Crippen LogP contribution is 2.44. The number of ether oxygens (including phenoxy) is 2. The smallest absolute Gasteiger partial charge is 0.320 e. The van der Waals surface area contributed by atoms with Crippen LogP contribution in [0.5, 0.6) is 17.6 Å². The number of piperidine rings is 1. The van der Waals surface area contributed by atoms with E-state index in [0.717, 1.165) is 36.3 Å². The Morgan fingerprint density at radius 3 is 2.68 bits per heavy atom. The van der Waals surface area contributed by atoms with Crippen LogP contribution in [0.4, 0.5) is 14.5 Å². The fourth-order valence-electron chi connectivity index (χ4n) is 5.12. The molecule has 11 heteroatoms. The molecule has 2 atom stereocenters. The van der Waals surface area contributed by atoms with Crippen molar-refractivity contribution in [3.05, 3.63) is 47.4 Å². The molecule has 180 valence electrons. The lowest BCUT2D eigenvalue weighted by Gasteiger charge is -2.38. The zero-order chi connectivity index (χ0) is 23.7. The Morgan fingerprint density at radius 2 is 1.97 bits per heavy atom. The largest absolute Gasteiger partial charge is 0.480 e. The molecule has 0 amide bonds. The Balaban J connectivity index is 1.32. The maximum absolute atomic E-state index is 13.2. The Bertz CT molecular complexity index is 1130. The van der Waals surface area contributed by atoms with Crippen LogP contribution in [0.25, 0.3) is 0 Å². The number of hydrogen-bond acceptors (Lipinski definition) is 7. The van der Waals surface area contributed by atoms with Crippen LogP contribution in [-0.4, -0.2) is 51.6 Å². The fraction of sp³-hybridized carbons (Fsp3) is 0.478. The second-order valence-corrected chi connectivity index (χ2v) is 9.21. The van der Waals surface area contributed by atoms with Gasteiger partial charge in [0, 0.05) is 30.6 Å². The van der Waals surface area contributed by atoms with Crippen molar-refractivity contribution in [2.45, 2.75) is 32.2 Å². The van der Waals surface area contributed by atoms with E-state index in [4.69, 9.17) is 21.1 Å². The van der Waals surface area contributed by atoms with Gasteiger partial charge in [0.1, 0.15) is 12.3 Å². The molecule has 3 heterocycles. The molecule has 34 heavy (non-hydrogen) atoms. The van der Waals surface area contributed by atoms with Crippen LogP contribution in [0.3, 0.4) is 0 Å². The van der Waals surface area contributed by atoms with E-state index >= 15 is 0 Å². The fourth-order valence-corrected chi connectivity index (χ4v) is 5.30. The number of rotatable bonds is 8. The summed E-state index contributed by atoms with van der Waals surface area (Å²) in [6.45, 7) is 1.20.